The Balaban J connectivity index is 2.32. The Hall–Kier alpha value is -1.14. The van der Waals surface area contributed by atoms with E-state index in [0.717, 1.165) is 0 Å². The van der Waals surface area contributed by atoms with Gasteiger partial charge >= 0.3 is 5.97 Å². The van der Waals surface area contributed by atoms with Gasteiger partial charge in [-0.25, -0.2) is 0 Å². The van der Waals surface area contributed by atoms with Crippen molar-refractivity contribution in [3.63, 3.8) is 0 Å². The van der Waals surface area contributed by atoms with E-state index in [2.05, 4.69) is 10.1 Å². The Labute approximate surface area is 107 Å². The van der Waals surface area contributed by atoms with Gasteiger partial charge in [0.05, 0.1) is 12.5 Å². The molecule has 104 valence electrons. The number of hydrogen-bond donors (Lipinski definition) is 2. The number of hydrogen-bond acceptors (Lipinski definition) is 5. The molecule has 1 rings (SSSR count). The molecule has 6 heteroatoms. The van der Waals surface area contributed by atoms with Gasteiger partial charge in [-0.05, 0) is 19.3 Å². The number of rotatable bonds is 6. The fraction of sp³-hybridized carbons (Fsp3) is 0.833. The lowest BCUT2D eigenvalue weighted by atomic mass is 9.79. The highest BCUT2D eigenvalue weighted by molar-refractivity contribution is 5.83. The van der Waals surface area contributed by atoms with E-state index in [1.807, 2.05) is 0 Å². The van der Waals surface area contributed by atoms with E-state index in [1.54, 1.807) is 0 Å². The lowest BCUT2D eigenvalue weighted by molar-refractivity contribution is -0.141. The quantitative estimate of drug-likeness (QED) is 0.509. The maximum Gasteiger partial charge on any atom is 0.305 e. The first kappa shape index (κ1) is 14.9. The Kier molecular flexibility index (Phi) is 6.07. The number of carbonyl (C=O) groups excluding carboxylic acids is 2. The smallest absolute Gasteiger partial charge is 0.305 e. The Morgan fingerprint density at radius 1 is 1.39 bits per heavy atom. The van der Waals surface area contributed by atoms with Crippen LogP contribution in [0, 0.1) is 5.41 Å². The molecule has 1 aliphatic rings. The van der Waals surface area contributed by atoms with Crippen molar-refractivity contribution in [3.8, 4) is 0 Å². The summed E-state index contributed by atoms with van der Waals surface area (Å²) in [6, 6.07) is 0. The predicted molar refractivity (Wildman–Crippen MR) is 65.8 cm³/mol. The summed E-state index contributed by atoms with van der Waals surface area (Å²) in [5.41, 5.74) is 5.23. The topological polar surface area (TPSA) is 90.7 Å². The van der Waals surface area contributed by atoms with Crippen molar-refractivity contribution in [2.24, 2.45) is 11.1 Å². The van der Waals surface area contributed by atoms with Crippen LogP contribution in [0.5, 0.6) is 0 Å². The molecule has 0 aliphatic carbocycles. The Morgan fingerprint density at radius 2 is 2.06 bits per heavy atom. The van der Waals surface area contributed by atoms with Gasteiger partial charge in [-0.1, -0.05) is 0 Å². The summed E-state index contributed by atoms with van der Waals surface area (Å²) in [5.74, 6) is -0.290. The van der Waals surface area contributed by atoms with Gasteiger partial charge in [-0.2, -0.15) is 0 Å². The number of esters is 1. The molecule has 1 saturated heterocycles. The third-order valence-electron chi connectivity index (χ3n) is 3.39. The average Bonchev–Trinajstić information content (AvgIpc) is 2.43. The van der Waals surface area contributed by atoms with Crippen LogP contribution in [0.1, 0.15) is 25.7 Å². The normalized spacial score (nSPS) is 18.1. The molecule has 0 bridgehead atoms. The molecule has 1 aliphatic heterocycles. The largest absolute Gasteiger partial charge is 0.469 e. The molecule has 0 spiro atoms. The van der Waals surface area contributed by atoms with E-state index in [0.29, 0.717) is 52.0 Å². The minimum Gasteiger partial charge on any atom is -0.469 e. The molecule has 18 heavy (non-hydrogen) atoms. The Morgan fingerprint density at radius 3 is 2.61 bits per heavy atom. The highest BCUT2D eigenvalue weighted by Crippen LogP contribution is 2.29. The van der Waals surface area contributed by atoms with Crippen LogP contribution in [0.25, 0.3) is 0 Å². The number of ether oxygens (including phenoxy) is 2. The maximum absolute atomic E-state index is 12.1. The molecule has 0 saturated carbocycles. The fourth-order valence-corrected chi connectivity index (χ4v) is 2.01. The molecule has 0 radical (unpaired) electrons. The Bertz CT molecular complexity index is 288. The van der Waals surface area contributed by atoms with Crippen molar-refractivity contribution >= 4 is 11.9 Å². The minimum atomic E-state index is -0.497. The number of nitrogens with one attached hydrogen (secondary N) is 1. The SMILES string of the molecule is COC(=O)CCCNC(=O)C1(CN)CCOCC1. The van der Waals surface area contributed by atoms with Gasteiger partial charge in [0.25, 0.3) is 0 Å². The zero-order chi connectivity index (χ0) is 13.4. The zero-order valence-corrected chi connectivity index (χ0v) is 10.9. The lowest BCUT2D eigenvalue weighted by Crippen LogP contribution is -2.49. The van der Waals surface area contributed by atoms with Crippen molar-refractivity contribution < 1.29 is 19.1 Å². The van der Waals surface area contributed by atoms with E-state index in [1.165, 1.54) is 7.11 Å². The first-order valence-electron chi connectivity index (χ1n) is 6.27. The second-order valence-electron chi connectivity index (χ2n) is 4.53. The van der Waals surface area contributed by atoms with Gasteiger partial charge in [0.2, 0.25) is 5.91 Å². The van der Waals surface area contributed by atoms with Crippen LogP contribution in [0.2, 0.25) is 0 Å². The summed E-state index contributed by atoms with van der Waals surface area (Å²) in [6.45, 7) is 1.95. The summed E-state index contributed by atoms with van der Waals surface area (Å²) in [6.07, 6.45) is 2.21. The third-order valence-corrected chi connectivity index (χ3v) is 3.39. The minimum absolute atomic E-state index is 0.0295. The number of methoxy groups -OCH3 is 1. The van der Waals surface area contributed by atoms with Crippen LogP contribution in [-0.4, -0.2) is 45.3 Å². The maximum atomic E-state index is 12.1. The summed E-state index contributed by atoms with van der Waals surface area (Å²) in [7, 11) is 1.35. The molecule has 1 amide bonds. The molecule has 0 aromatic rings. The first-order valence-corrected chi connectivity index (χ1v) is 6.27. The first-order chi connectivity index (χ1) is 8.64. The molecule has 0 unspecified atom stereocenters. The van der Waals surface area contributed by atoms with Crippen molar-refractivity contribution in [3.05, 3.63) is 0 Å². The molecule has 1 fully saturated rings. The molecule has 0 atom stereocenters. The molecule has 1 heterocycles. The van der Waals surface area contributed by atoms with Gasteiger partial charge in [0.1, 0.15) is 0 Å². The van der Waals surface area contributed by atoms with Crippen molar-refractivity contribution in [1.29, 1.82) is 0 Å². The molecule has 0 aromatic heterocycles. The summed E-state index contributed by atoms with van der Waals surface area (Å²) >= 11 is 0. The highest BCUT2D eigenvalue weighted by Gasteiger charge is 2.38. The molecule has 6 nitrogen and oxygen atoms in total. The second-order valence-corrected chi connectivity index (χ2v) is 4.53. The highest BCUT2D eigenvalue weighted by atomic mass is 16.5. The van der Waals surface area contributed by atoms with Crippen LogP contribution >= 0.6 is 0 Å². The summed E-state index contributed by atoms with van der Waals surface area (Å²) in [4.78, 5) is 23.0. The summed E-state index contributed by atoms with van der Waals surface area (Å²) in [5, 5.41) is 2.84. The molecular weight excluding hydrogens is 236 g/mol. The van der Waals surface area contributed by atoms with E-state index >= 15 is 0 Å². The van der Waals surface area contributed by atoms with Crippen molar-refractivity contribution in [2.45, 2.75) is 25.7 Å². The van der Waals surface area contributed by atoms with Crippen LogP contribution in [0.4, 0.5) is 0 Å². The fourth-order valence-electron chi connectivity index (χ4n) is 2.01. The molecular formula is C12H22N2O4. The van der Waals surface area contributed by atoms with Gasteiger partial charge in [0.15, 0.2) is 0 Å². The van der Waals surface area contributed by atoms with Gasteiger partial charge in [-0.3, -0.25) is 9.59 Å². The van der Waals surface area contributed by atoms with E-state index in [9.17, 15) is 9.59 Å². The number of carbonyl (C=O) groups is 2. The van der Waals surface area contributed by atoms with E-state index in [4.69, 9.17) is 10.5 Å². The van der Waals surface area contributed by atoms with Crippen LogP contribution in [0.15, 0.2) is 0 Å². The molecule has 0 aromatic carbocycles. The monoisotopic (exact) mass is 258 g/mol. The van der Waals surface area contributed by atoms with Crippen LogP contribution < -0.4 is 11.1 Å². The zero-order valence-electron chi connectivity index (χ0n) is 10.9. The predicted octanol–water partition coefficient (Wildman–Crippen LogP) is -0.189. The van der Waals surface area contributed by atoms with Crippen LogP contribution in [-0.2, 0) is 19.1 Å². The van der Waals surface area contributed by atoms with Crippen LogP contribution in [0.3, 0.4) is 0 Å². The third kappa shape index (κ3) is 3.96. The standard InChI is InChI=1S/C12H22N2O4/c1-17-10(15)3-2-6-14-11(16)12(9-13)4-7-18-8-5-12/h2-9,13H2,1H3,(H,14,16). The van der Waals surface area contributed by atoms with Gasteiger partial charge < -0.3 is 20.5 Å². The van der Waals surface area contributed by atoms with Gasteiger partial charge in [-0.15, -0.1) is 0 Å². The van der Waals surface area contributed by atoms with E-state index in [-0.39, 0.29) is 11.9 Å². The number of nitrogens with two attached hydrogens (primary N) is 1. The van der Waals surface area contributed by atoms with Crippen molar-refractivity contribution in [2.75, 3.05) is 33.4 Å². The molecule has 3 N–H and O–H groups in total. The summed E-state index contributed by atoms with van der Waals surface area (Å²) < 4.78 is 9.78. The lowest BCUT2D eigenvalue weighted by Gasteiger charge is -2.34. The van der Waals surface area contributed by atoms with E-state index < -0.39 is 5.41 Å². The van der Waals surface area contributed by atoms with Crippen molar-refractivity contribution in [1.82, 2.24) is 5.32 Å². The average molecular weight is 258 g/mol. The number of amides is 1. The van der Waals surface area contributed by atoms with Gasteiger partial charge in [0, 0.05) is 32.7 Å². The second kappa shape index (κ2) is 7.33.